The molecule has 133 valence electrons. The van der Waals surface area contributed by atoms with E-state index in [0.29, 0.717) is 23.7 Å². The first-order valence-electron chi connectivity index (χ1n) is 8.26. The van der Waals surface area contributed by atoms with Crippen molar-refractivity contribution in [1.29, 1.82) is 0 Å². The number of ether oxygens (including phenoxy) is 4. The van der Waals surface area contributed by atoms with Crippen LogP contribution in [-0.4, -0.2) is 21.3 Å². The first-order valence-corrected chi connectivity index (χ1v) is 8.26. The maximum Gasteiger partial charge on any atom is 0.203 e. The van der Waals surface area contributed by atoms with Gasteiger partial charge in [-0.05, 0) is 42.0 Å². The Morgan fingerprint density at radius 2 is 1.38 bits per heavy atom. The van der Waals surface area contributed by atoms with Crippen molar-refractivity contribution in [3.8, 4) is 28.7 Å². The number of hydrogen-bond acceptors (Lipinski definition) is 4. The Kier molecular flexibility index (Phi) is 5.64. The van der Waals surface area contributed by atoms with Crippen LogP contribution in [0.1, 0.15) is 11.1 Å². The van der Waals surface area contributed by atoms with Gasteiger partial charge in [-0.25, -0.2) is 0 Å². The Bertz CT molecular complexity index is 842. The van der Waals surface area contributed by atoms with E-state index in [2.05, 4.69) is 6.07 Å². The van der Waals surface area contributed by atoms with Crippen LogP contribution in [-0.2, 0) is 6.42 Å². The lowest BCUT2D eigenvalue weighted by Crippen LogP contribution is -2.00. The Morgan fingerprint density at radius 3 is 2.00 bits per heavy atom. The van der Waals surface area contributed by atoms with E-state index in [1.807, 2.05) is 54.6 Å². The van der Waals surface area contributed by atoms with Gasteiger partial charge >= 0.3 is 0 Å². The van der Waals surface area contributed by atoms with Crippen molar-refractivity contribution >= 4 is 0 Å². The summed E-state index contributed by atoms with van der Waals surface area (Å²) in [6.07, 6.45) is 0.662. The van der Waals surface area contributed by atoms with Gasteiger partial charge in [0.2, 0.25) is 5.75 Å². The fourth-order valence-electron chi connectivity index (χ4n) is 2.73. The normalized spacial score (nSPS) is 10.3. The summed E-state index contributed by atoms with van der Waals surface area (Å²) < 4.78 is 22.1. The van der Waals surface area contributed by atoms with Crippen molar-refractivity contribution in [3.05, 3.63) is 77.9 Å². The molecule has 0 aliphatic carbocycles. The second-order valence-corrected chi connectivity index (χ2v) is 5.64. The summed E-state index contributed by atoms with van der Waals surface area (Å²) in [7, 11) is 4.81. The number of hydrogen-bond donors (Lipinski definition) is 0. The van der Waals surface area contributed by atoms with Crippen LogP contribution in [0.3, 0.4) is 0 Å². The van der Waals surface area contributed by atoms with Gasteiger partial charge in [-0.2, -0.15) is 0 Å². The molecule has 0 fully saturated rings. The Morgan fingerprint density at radius 1 is 0.731 bits per heavy atom. The molecule has 0 amide bonds. The SMILES string of the molecule is COc1c[c]c(Cc2ccc(Oc3ccccc3)cc2)c(OC)c1OC. The third-order valence-electron chi connectivity index (χ3n) is 3.99. The summed E-state index contributed by atoms with van der Waals surface area (Å²) in [5.41, 5.74) is 2.02. The average molecular weight is 349 g/mol. The monoisotopic (exact) mass is 349 g/mol. The van der Waals surface area contributed by atoms with Gasteiger partial charge < -0.3 is 18.9 Å². The van der Waals surface area contributed by atoms with Crippen molar-refractivity contribution in [2.75, 3.05) is 21.3 Å². The van der Waals surface area contributed by atoms with Gasteiger partial charge in [-0.15, -0.1) is 0 Å². The van der Waals surface area contributed by atoms with E-state index in [1.165, 1.54) is 0 Å². The van der Waals surface area contributed by atoms with Crippen molar-refractivity contribution in [1.82, 2.24) is 0 Å². The van der Waals surface area contributed by atoms with Gasteiger partial charge in [0.15, 0.2) is 11.5 Å². The zero-order valence-corrected chi connectivity index (χ0v) is 15.1. The van der Waals surface area contributed by atoms with Crippen molar-refractivity contribution < 1.29 is 18.9 Å². The molecule has 0 aromatic heterocycles. The van der Waals surface area contributed by atoms with E-state index in [1.54, 1.807) is 27.4 Å². The van der Waals surface area contributed by atoms with Crippen LogP contribution >= 0.6 is 0 Å². The average Bonchev–Trinajstić information content (AvgIpc) is 2.69. The summed E-state index contributed by atoms with van der Waals surface area (Å²) in [6, 6.07) is 22.7. The zero-order chi connectivity index (χ0) is 18.4. The summed E-state index contributed by atoms with van der Waals surface area (Å²) in [4.78, 5) is 0. The Balaban J connectivity index is 1.79. The van der Waals surface area contributed by atoms with Crippen LogP contribution in [0.15, 0.2) is 60.7 Å². The molecule has 0 atom stereocenters. The number of para-hydroxylation sites is 1. The van der Waals surface area contributed by atoms with Gasteiger partial charge in [0.05, 0.1) is 21.3 Å². The number of rotatable bonds is 7. The summed E-state index contributed by atoms with van der Waals surface area (Å²) in [6.45, 7) is 0. The molecule has 0 saturated carbocycles. The van der Waals surface area contributed by atoms with Crippen LogP contribution in [0, 0.1) is 6.07 Å². The summed E-state index contributed by atoms with van der Waals surface area (Å²) >= 11 is 0. The molecular weight excluding hydrogens is 328 g/mol. The van der Waals surface area contributed by atoms with Crippen molar-refractivity contribution in [2.45, 2.75) is 6.42 Å². The van der Waals surface area contributed by atoms with Gasteiger partial charge in [0.25, 0.3) is 0 Å². The molecular formula is C22H21O4. The van der Waals surface area contributed by atoms with Gasteiger partial charge in [0.1, 0.15) is 11.5 Å². The molecule has 0 aliphatic heterocycles. The lowest BCUT2D eigenvalue weighted by molar-refractivity contribution is 0.322. The predicted octanol–water partition coefficient (Wildman–Crippen LogP) is 4.90. The smallest absolute Gasteiger partial charge is 0.203 e. The molecule has 4 nitrogen and oxygen atoms in total. The standard InChI is InChI=1S/C22H21O4/c1-23-20-14-11-17(21(24-2)22(20)25-3)15-16-9-12-19(13-10-16)26-18-7-5-4-6-8-18/h4-10,12-14H,15H2,1-3H3. The van der Waals surface area contributed by atoms with E-state index in [-0.39, 0.29) is 0 Å². The minimum Gasteiger partial charge on any atom is -0.493 e. The predicted molar refractivity (Wildman–Crippen MR) is 101 cm³/mol. The fourth-order valence-corrected chi connectivity index (χ4v) is 2.73. The first kappa shape index (κ1) is 17.7. The lowest BCUT2D eigenvalue weighted by Gasteiger charge is -2.15. The molecule has 1 radical (unpaired) electrons. The molecule has 0 bridgehead atoms. The van der Waals surface area contributed by atoms with Crippen LogP contribution in [0.2, 0.25) is 0 Å². The van der Waals surface area contributed by atoms with E-state index in [0.717, 1.165) is 22.6 Å². The minimum atomic E-state index is 0.577. The quantitative estimate of drug-likeness (QED) is 0.608. The van der Waals surface area contributed by atoms with Crippen LogP contribution in [0.5, 0.6) is 28.7 Å². The third kappa shape index (κ3) is 3.91. The molecule has 0 spiro atoms. The highest BCUT2D eigenvalue weighted by Gasteiger charge is 2.16. The number of methoxy groups -OCH3 is 3. The molecule has 0 N–H and O–H groups in total. The zero-order valence-electron chi connectivity index (χ0n) is 15.1. The first-order chi connectivity index (χ1) is 12.7. The second-order valence-electron chi connectivity index (χ2n) is 5.64. The molecule has 3 rings (SSSR count). The maximum atomic E-state index is 5.83. The summed E-state index contributed by atoms with van der Waals surface area (Å²) in [5.74, 6) is 3.42. The highest BCUT2D eigenvalue weighted by Crippen LogP contribution is 2.40. The Labute approximate surface area is 153 Å². The van der Waals surface area contributed by atoms with E-state index in [9.17, 15) is 0 Å². The second kappa shape index (κ2) is 8.30. The highest BCUT2D eigenvalue weighted by atomic mass is 16.5. The molecule has 0 saturated heterocycles. The molecule has 3 aromatic carbocycles. The molecule has 0 heterocycles. The van der Waals surface area contributed by atoms with Crippen LogP contribution in [0.4, 0.5) is 0 Å². The molecule has 4 heteroatoms. The minimum absolute atomic E-state index is 0.577. The molecule has 0 aliphatic rings. The van der Waals surface area contributed by atoms with Gasteiger partial charge in [0, 0.05) is 12.0 Å². The highest BCUT2D eigenvalue weighted by molar-refractivity contribution is 5.56. The largest absolute Gasteiger partial charge is 0.493 e. The summed E-state index contributed by atoms with van der Waals surface area (Å²) in [5, 5.41) is 0. The molecule has 0 unspecified atom stereocenters. The van der Waals surface area contributed by atoms with E-state index >= 15 is 0 Å². The number of benzene rings is 3. The fraction of sp³-hybridized carbons (Fsp3) is 0.182. The molecule has 3 aromatic rings. The van der Waals surface area contributed by atoms with Gasteiger partial charge in [-0.1, -0.05) is 30.3 Å². The van der Waals surface area contributed by atoms with Crippen LogP contribution < -0.4 is 18.9 Å². The van der Waals surface area contributed by atoms with E-state index < -0.39 is 0 Å². The topological polar surface area (TPSA) is 36.9 Å². The molecule has 26 heavy (non-hydrogen) atoms. The lowest BCUT2D eigenvalue weighted by atomic mass is 10.0. The van der Waals surface area contributed by atoms with Crippen molar-refractivity contribution in [3.63, 3.8) is 0 Å². The van der Waals surface area contributed by atoms with E-state index in [4.69, 9.17) is 18.9 Å². The van der Waals surface area contributed by atoms with Crippen LogP contribution in [0.25, 0.3) is 0 Å². The maximum absolute atomic E-state index is 5.83. The third-order valence-corrected chi connectivity index (χ3v) is 3.99. The van der Waals surface area contributed by atoms with Gasteiger partial charge in [-0.3, -0.25) is 0 Å². The Hall–Kier alpha value is -3.14. The van der Waals surface area contributed by atoms with Crippen molar-refractivity contribution in [2.24, 2.45) is 0 Å².